The summed E-state index contributed by atoms with van der Waals surface area (Å²) in [6.07, 6.45) is 5.60. The SMILES string of the molecule is Cc1ccc(C(=O)Nc2ncccc2C)cc1-n1cccc1. The summed E-state index contributed by atoms with van der Waals surface area (Å²) < 4.78 is 2.00. The largest absolute Gasteiger partial charge is 0.324 e. The van der Waals surface area contributed by atoms with Crippen LogP contribution in [0.15, 0.2) is 61.1 Å². The highest BCUT2D eigenvalue weighted by molar-refractivity contribution is 6.04. The summed E-state index contributed by atoms with van der Waals surface area (Å²) in [6.45, 7) is 3.95. The van der Waals surface area contributed by atoms with Crippen LogP contribution in [-0.2, 0) is 0 Å². The molecule has 110 valence electrons. The molecule has 1 amide bonds. The van der Waals surface area contributed by atoms with Crippen molar-refractivity contribution in [3.8, 4) is 5.69 Å². The van der Waals surface area contributed by atoms with Gasteiger partial charge in [0, 0.05) is 29.8 Å². The number of hydrogen-bond acceptors (Lipinski definition) is 2. The molecule has 0 fully saturated rings. The van der Waals surface area contributed by atoms with E-state index in [1.165, 1.54) is 0 Å². The standard InChI is InChI=1S/C18H17N3O/c1-13-7-8-15(12-16(13)21-10-3-4-11-21)18(22)20-17-14(2)6-5-9-19-17/h3-12H,1-2H3,(H,19,20,22). The Morgan fingerprint density at radius 3 is 2.55 bits per heavy atom. The third kappa shape index (κ3) is 2.76. The summed E-state index contributed by atoms with van der Waals surface area (Å²) in [5, 5.41) is 2.86. The van der Waals surface area contributed by atoms with E-state index in [2.05, 4.69) is 10.3 Å². The first kappa shape index (κ1) is 14.1. The molecule has 1 aromatic carbocycles. The second-order valence-corrected chi connectivity index (χ2v) is 5.21. The zero-order chi connectivity index (χ0) is 15.5. The monoisotopic (exact) mass is 291 g/mol. The first-order valence-electron chi connectivity index (χ1n) is 7.12. The quantitative estimate of drug-likeness (QED) is 0.799. The van der Waals surface area contributed by atoms with Gasteiger partial charge in [0.15, 0.2) is 0 Å². The van der Waals surface area contributed by atoms with Crippen molar-refractivity contribution in [2.45, 2.75) is 13.8 Å². The molecule has 0 unspecified atom stereocenters. The lowest BCUT2D eigenvalue weighted by Crippen LogP contribution is -2.14. The van der Waals surface area contributed by atoms with Crippen molar-refractivity contribution < 1.29 is 4.79 Å². The van der Waals surface area contributed by atoms with Crippen molar-refractivity contribution >= 4 is 11.7 Å². The maximum Gasteiger partial charge on any atom is 0.256 e. The van der Waals surface area contributed by atoms with Gasteiger partial charge in [-0.15, -0.1) is 0 Å². The number of nitrogens with zero attached hydrogens (tertiary/aromatic N) is 2. The smallest absolute Gasteiger partial charge is 0.256 e. The number of aryl methyl sites for hydroxylation is 2. The van der Waals surface area contributed by atoms with Gasteiger partial charge in [0.2, 0.25) is 0 Å². The van der Waals surface area contributed by atoms with E-state index >= 15 is 0 Å². The molecule has 0 spiro atoms. The Labute approximate surface area is 129 Å². The van der Waals surface area contributed by atoms with E-state index in [1.807, 2.05) is 73.3 Å². The van der Waals surface area contributed by atoms with Crippen LogP contribution in [-0.4, -0.2) is 15.5 Å². The van der Waals surface area contributed by atoms with Gasteiger partial charge < -0.3 is 9.88 Å². The molecule has 1 N–H and O–H groups in total. The predicted molar refractivity (Wildman–Crippen MR) is 87.4 cm³/mol. The van der Waals surface area contributed by atoms with E-state index in [-0.39, 0.29) is 5.91 Å². The molecule has 2 aromatic heterocycles. The fourth-order valence-electron chi connectivity index (χ4n) is 2.32. The molecule has 0 aliphatic rings. The molecule has 0 aliphatic heterocycles. The molecule has 22 heavy (non-hydrogen) atoms. The van der Waals surface area contributed by atoms with Crippen LogP contribution in [0.1, 0.15) is 21.5 Å². The Kier molecular flexibility index (Phi) is 3.74. The van der Waals surface area contributed by atoms with E-state index in [0.29, 0.717) is 11.4 Å². The van der Waals surface area contributed by atoms with Crippen molar-refractivity contribution in [2.24, 2.45) is 0 Å². The average Bonchev–Trinajstić information content (AvgIpc) is 3.04. The molecule has 2 heterocycles. The number of carbonyl (C=O) groups excluding carboxylic acids is 1. The van der Waals surface area contributed by atoms with Crippen LogP contribution in [0.2, 0.25) is 0 Å². The molecule has 0 bridgehead atoms. The maximum absolute atomic E-state index is 12.4. The highest BCUT2D eigenvalue weighted by Crippen LogP contribution is 2.18. The Morgan fingerprint density at radius 1 is 1.05 bits per heavy atom. The van der Waals surface area contributed by atoms with Gasteiger partial charge in [0.25, 0.3) is 5.91 Å². The summed E-state index contributed by atoms with van der Waals surface area (Å²) in [5.74, 6) is 0.436. The van der Waals surface area contributed by atoms with Crippen molar-refractivity contribution in [3.63, 3.8) is 0 Å². The van der Waals surface area contributed by atoms with Gasteiger partial charge in [0.05, 0.1) is 0 Å². The maximum atomic E-state index is 12.4. The van der Waals surface area contributed by atoms with Crippen LogP contribution >= 0.6 is 0 Å². The van der Waals surface area contributed by atoms with Crippen LogP contribution in [0.5, 0.6) is 0 Å². The first-order valence-corrected chi connectivity index (χ1v) is 7.12. The van der Waals surface area contributed by atoms with Crippen LogP contribution in [0.3, 0.4) is 0 Å². The fraction of sp³-hybridized carbons (Fsp3) is 0.111. The predicted octanol–water partition coefficient (Wildman–Crippen LogP) is 3.74. The number of pyridine rings is 1. The number of nitrogens with one attached hydrogen (secondary N) is 1. The average molecular weight is 291 g/mol. The molecule has 0 saturated heterocycles. The molecule has 3 rings (SSSR count). The van der Waals surface area contributed by atoms with E-state index in [4.69, 9.17) is 0 Å². The van der Waals surface area contributed by atoms with Crippen LogP contribution in [0.4, 0.5) is 5.82 Å². The summed E-state index contributed by atoms with van der Waals surface area (Å²) in [5.41, 5.74) is 3.66. The Hall–Kier alpha value is -2.88. The fourth-order valence-corrected chi connectivity index (χ4v) is 2.32. The number of rotatable bonds is 3. The van der Waals surface area contributed by atoms with Crippen molar-refractivity contribution in [2.75, 3.05) is 5.32 Å². The van der Waals surface area contributed by atoms with Gasteiger partial charge in [-0.25, -0.2) is 4.98 Å². The topological polar surface area (TPSA) is 46.9 Å². The summed E-state index contributed by atoms with van der Waals surface area (Å²) >= 11 is 0. The third-order valence-electron chi connectivity index (χ3n) is 3.60. The van der Waals surface area contributed by atoms with Gasteiger partial charge in [-0.2, -0.15) is 0 Å². The van der Waals surface area contributed by atoms with Crippen LogP contribution in [0, 0.1) is 13.8 Å². The highest BCUT2D eigenvalue weighted by Gasteiger charge is 2.11. The van der Waals surface area contributed by atoms with Crippen LogP contribution in [0.25, 0.3) is 5.69 Å². The van der Waals surface area contributed by atoms with E-state index in [0.717, 1.165) is 16.8 Å². The summed E-state index contributed by atoms with van der Waals surface area (Å²) in [6, 6.07) is 13.4. The Bertz CT molecular complexity index is 807. The van der Waals surface area contributed by atoms with E-state index < -0.39 is 0 Å². The van der Waals surface area contributed by atoms with Crippen molar-refractivity contribution in [3.05, 3.63) is 77.7 Å². The zero-order valence-electron chi connectivity index (χ0n) is 12.6. The number of carbonyl (C=O) groups is 1. The minimum Gasteiger partial charge on any atom is -0.324 e. The molecular weight excluding hydrogens is 274 g/mol. The minimum atomic E-state index is -0.157. The summed E-state index contributed by atoms with van der Waals surface area (Å²) in [4.78, 5) is 16.6. The lowest BCUT2D eigenvalue weighted by molar-refractivity contribution is 0.102. The lowest BCUT2D eigenvalue weighted by atomic mass is 10.1. The Balaban J connectivity index is 1.91. The molecule has 0 aliphatic carbocycles. The molecule has 0 radical (unpaired) electrons. The molecule has 0 saturated carbocycles. The number of hydrogen-bond donors (Lipinski definition) is 1. The van der Waals surface area contributed by atoms with Gasteiger partial charge in [0.1, 0.15) is 5.82 Å². The molecule has 3 aromatic rings. The number of benzene rings is 1. The second-order valence-electron chi connectivity index (χ2n) is 5.21. The molecular formula is C18H17N3O. The number of amides is 1. The summed E-state index contributed by atoms with van der Waals surface area (Å²) in [7, 11) is 0. The number of aromatic nitrogens is 2. The highest BCUT2D eigenvalue weighted by atomic mass is 16.1. The normalized spacial score (nSPS) is 10.5. The molecule has 4 heteroatoms. The third-order valence-corrected chi connectivity index (χ3v) is 3.60. The van der Waals surface area contributed by atoms with Crippen molar-refractivity contribution in [1.29, 1.82) is 0 Å². The second kappa shape index (κ2) is 5.85. The first-order chi connectivity index (χ1) is 10.6. The van der Waals surface area contributed by atoms with E-state index in [9.17, 15) is 4.79 Å². The molecule has 0 atom stereocenters. The molecule has 4 nitrogen and oxygen atoms in total. The van der Waals surface area contributed by atoms with Gasteiger partial charge in [-0.3, -0.25) is 4.79 Å². The number of anilines is 1. The lowest BCUT2D eigenvalue weighted by Gasteiger charge is -2.11. The van der Waals surface area contributed by atoms with Gasteiger partial charge in [-0.1, -0.05) is 12.1 Å². The van der Waals surface area contributed by atoms with Crippen molar-refractivity contribution in [1.82, 2.24) is 9.55 Å². The van der Waals surface area contributed by atoms with Gasteiger partial charge >= 0.3 is 0 Å². The minimum absolute atomic E-state index is 0.157. The van der Waals surface area contributed by atoms with E-state index in [1.54, 1.807) is 6.20 Å². The Morgan fingerprint density at radius 2 is 1.82 bits per heavy atom. The van der Waals surface area contributed by atoms with Crippen LogP contribution < -0.4 is 5.32 Å². The van der Waals surface area contributed by atoms with Gasteiger partial charge in [-0.05, 0) is 55.3 Å². The zero-order valence-corrected chi connectivity index (χ0v) is 12.6.